The van der Waals surface area contributed by atoms with E-state index in [9.17, 15) is 9.59 Å². The molecule has 1 fully saturated rings. The Bertz CT molecular complexity index is 1070. The fourth-order valence-corrected chi connectivity index (χ4v) is 5.23. The summed E-state index contributed by atoms with van der Waals surface area (Å²) in [5, 5.41) is 8.28. The van der Waals surface area contributed by atoms with Crippen LogP contribution in [0.4, 0.5) is 0 Å². The largest absolute Gasteiger partial charge is 0.497 e. The fraction of sp³-hybridized carbons (Fsp3) is 0.500. The Kier molecular flexibility index (Phi) is 8.95. The molecule has 1 saturated heterocycles. The molecule has 2 aliphatic rings. The van der Waals surface area contributed by atoms with E-state index in [-0.39, 0.29) is 24.4 Å². The Morgan fingerprint density at radius 1 is 1.19 bits per heavy atom. The van der Waals surface area contributed by atoms with Crippen molar-refractivity contribution in [2.45, 2.75) is 25.8 Å². The Morgan fingerprint density at radius 2 is 2.00 bits per heavy atom. The molecule has 1 atom stereocenters. The molecule has 3 heterocycles. The number of morpholine rings is 1. The maximum Gasteiger partial charge on any atom is 0.262 e. The average Bonchev–Trinajstić information content (AvgIpc) is 3.61. The van der Waals surface area contributed by atoms with Crippen LogP contribution in [0.1, 0.15) is 36.2 Å². The molecule has 10 heteroatoms. The van der Waals surface area contributed by atoms with E-state index in [0.29, 0.717) is 50.6 Å². The number of hydrazone groups is 1. The van der Waals surface area contributed by atoms with E-state index in [4.69, 9.17) is 19.3 Å². The molecule has 4 rings (SSSR count). The van der Waals surface area contributed by atoms with Gasteiger partial charge in [0.1, 0.15) is 18.0 Å². The molecule has 0 spiro atoms. The lowest BCUT2D eigenvalue weighted by Gasteiger charge is -2.31. The Balaban J connectivity index is 1.58. The Labute approximate surface area is 216 Å². The lowest BCUT2D eigenvalue weighted by Crippen LogP contribution is -2.46. The number of hydrogen-bond donors (Lipinski definition) is 0. The number of carbonyl (C=O) groups is 2. The Morgan fingerprint density at radius 3 is 2.67 bits per heavy atom. The first-order chi connectivity index (χ1) is 17.5. The van der Waals surface area contributed by atoms with Gasteiger partial charge in [0.05, 0.1) is 44.1 Å². The van der Waals surface area contributed by atoms with E-state index in [1.807, 2.05) is 42.6 Å². The van der Waals surface area contributed by atoms with Gasteiger partial charge >= 0.3 is 0 Å². The quantitative estimate of drug-likeness (QED) is 0.485. The van der Waals surface area contributed by atoms with Crippen molar-refractivity contribution in [2.24, 2.45) is 5.10 Å². The average molecular weight is 515 g/mol. The van der Waals surface area contributed by atoms with Gasteiger partial charge < -0.3 is 19.1 Å². The van der Waals surface area contributed by atoms with Gasteiger partial charge in [-0.05, 0) is 29.6 Å². The third-order valence-corrected chi connectivity index (χ3v) is 7.46. The zero-order valence-corrected chi connectivity index (χ0v) is 22.0. The molecule has 0 unspecified atom stereocenters. The topological polar surface area (TPSA) is 83.9 Å². The van der Waals surface area contributed by atoms with Crippen LogP contribution in [0.3, 0.4) is 0 Å². The van der Waals surface area contributed by atoms with Crippen molar-refractivity contribution in [1.29, 1.82) is 0 Å². The number of thiophene rings is 1. The summed E-state index contributed by atoms with van der Waals surface area (Å²) < 4.78 is 16.5. The lowest BCUT2D eigenvalue weighted by molar-refractivity contribution is -0.141. The predicted molar refractivity (Wildman–Crippen MR) is 139 cm³/mol. The molecule has 194 valence electrons. The molecular formula is C26H34N4O5S. The summed E-state index contributed by atoms with van der Waals surface area (Å²) in [7, 11) is 3.22. The highest BCUT2D eigenvalue weighted by Gasteiger charge is 2.36. The summed E-state index contributed by atoms with van der Waals surface area (Å²) >= 11 is 1.59. The molecule has 9 nitrogen and oxygen atoms in total. The van der Waals surface area contributed by atoms with E-state index in [2.05, 4.69) is 4.90 Å². The first-order valence-electron chi connectivity index (χ1n) is 12.3. The first kappa shape index (κ1) is 26.1. The second kappa shape index (κ2) is 12.3. The number of rotatable bonds is 10. The van der Waals surface area contributed by atoms with Crippen LogP contribution < -0.4 is 9.47 Å². The number of ether oxygens (including phenoxy) is 3. The molecule has 36 heavy (non-hydrogen) atoms. The maximum absolute atomic E-state index is 13.7. The van der Waals surface area contributed by atoms with Gasteiger partial charge in [0.25, 0.3) is 5.91 Å². The highest BCUT2D eigenvalue weighted by atomic mass is 32.1. The van der Waals surface area contributed by atoms with E-state index >= 15 is 0 Å². The third kappa shape index (κ3) is 6.05. The zero-order chi connectivity index (χ0) is 25.5. The molecule has 1 aromatic heterocycles. The number of methoxy groups -OCH3 is 2. The molecule has 2 amide bonds. The van der Waals surface area contributed by atoms with Gasteiger partial charge in [-0.25, -0.2) is 5.01 Å². The van der Waals surface area contributed by atoms with Gasteiger partial charge in [-0.3, -0.25) is 14.5 Å². The van der Waals surface area contributed by atoms with Gasteiger partial charge in [-0.1, -0.05) is 13.0 Å². The van der Waals surface area contributed by atoms with Crippen molar-refractivity contribution in [3.63, 3.8) is 0 Å². The van der Waals surface area contributed by atoms with Gasteiger partial charge in [-0.2, -0.15) is 5.10 Å². The van der Waals surface area contributed by atoms with Crippen LogP contribution in [0.15, 0.2) is 40.8 Å². The van der Waals surface area contributed by atoms with E-state index < -0.39 is 0 Å². The van der Waals surface area contributed by atoms with Crippen molar-refractivity contribution in [3.05, 3.63) is 46.2 Å². The zero-order valence-electron chi connectivity index (χ0n) is 21.1. The first-order valence-corrected chi connectivity index (χ1v) is 13.1. The Hall–Kier alpha value is -2.95. The van der Waals surface area contributed by atoms with Gasteiger partial charge in [0.15, 0.2) is 0 Å². The van der Waals surface area contributed by atoms with Crippen LogP contribution in [-0.4, -0.2) is 92.5 Å². The summed E-state index contributed by atoms with van der Waals surface area (Å²) in [4.78, 5) is 31.4. The molecule has 0 N–H and O–H groups in total. The summed E-state index contributed by atoms with van der Waals surface area (Å²) in [6, 6.07) is 9.18. The maximum atomic E-state index is 13.7. The van der Waals surface area contributed by atoms with Crippen LogP contribution >= 0.6 is 11.3 Å². The summed E-state index contributed by atoms with van der Waals surface area (Å²) in [5.41, 5.74) is 1.66. The SMILES string of the molecule is CCC(=O)N(CCN1CCOCC1)CC(=O)N1N=C(c2cccs2)C[C@@H]1c1cc(OC)ccc1OC. The molecule has 0 saturated carbocycles. The lowest BCUT2D eigenvalue weighted by atomic mass is 9.99. The highest BCUT2D eigenvalue weighted by molar-refractivity contribution is 7.12. The van der Waals surface area contributed by atoms with Crippen molar-refractivity contribution < 1.29 is 23.8 Å². The van der Waals surface area contributed by atoms with Crippen LogP contribution in [0, 0.1) is 0 Å². The molecule has 0 aliphatic carbocycles. The van der Waals surface area contributed by atoms with Crippen LogP contribution in [0.2, 0.25) is 0 Å². The van der Waals surface area contributed by atoms with Crippen LogP contribution in [0.5, 0.6) is 11.5 Å². The van der Waals surface area contributed by atoms with Gasteiger partial charge in [0.2, 0.25) is 5.91 Å². The van der Waals surface area contributed by atoms with Gasteiger partial charge in [0, 0.05) is 44.6 Å². The summed E-state index contributed by atoms with van der Waals surface area (Å²) in [6.07, 6.45) is 0.887. The number of nitrogens with zero attached hydrogens (tertiary/aromatic N) is 4. The molecule has 1 aromatic carbocycles. The molecule has 2 aromatic rings. The number of amides is 2. The van der Waals surface area contributed by atoms with Crippen molar-refractivity contribution in [2.75, 3.05) is 60.2 Å². The molecular weight excluding hydrogens is 480 g/mol. The van der Waals surface area contributed by atoms with E-state index in [1.54, 1.807) is 30.5 Å². The van der Waals surface area contributed by atoms with Gasteiger partial charge in [-0.15, -0.1) is 11.3 Å². The summed E-state index contributed by atoms with van der Waals surface area (Å²) in [5.74, 6) is 1.07. The number of benzene rings is 1. The summed E-state index contributed by atoms with van der Waals surface area (Å²) in [6.45, 7) is 6.04. The van der Waals surface area contributed by atoms with Crippen LogP contribution in [0.25, 0.3) is 0 Å². The molecule has 2 aliphatic heterocycles. The van der Waals surface area contributed by atoms with E-state index in [1.165, 1.54) is 5.01 Å². The normalized spacial score (nSPS) is 18.1. The predicted octanol–water partition coefficient (Wildman–Crippen LogP) is 3.01. The smallest absolute Gasteiger partial charge is 0.262 e. The minimum Gasteiger partial charge on any atom is -0.497 e. The van der Waals surface area contributed by atoms with Crippen molar-refractivity contribution in [1.82, 2.24) is 14.8 Å². The molecule has 0 bridgehead atoms. The minimum absolute atomic E-state index is 0.0268. The van der Waals surface area contributed by atoms with E-state index in [0.717, 1.165) is 29.2 Å². The third-order valence-electron chi connectivity index (χ3n) is 6.54. The fourth-order valence-electron chi connectivity index (χ4n) is 4.51. The second-order valence-electron chi connectivity index (χ2n) is 8.71. The highest BCUT2D eigenvalue weighted by Crippen LogP contribution is 2.39. The number of hydrogen-bond acceptors (Lipinski definition) is 8. The standard InChI is InChI=1S/C26H34N4O5S/c1-4-25(31)29(10-9-28-11-13-35-14-12-28)18-26(32)30-22(17-21(27-30)24-6-5-15-36-24)20-16-19(33-2)7-8-23(20)34-3/h5-8,15-16,22H,4,9-14,17-18H2,1-3H3/t22-/m1/s1. The van der Waals surface area contributed by atoms with Crippen molar-refractivity contribution >= 4 is 28.9 Å². The second-order valence-corrected chi connectivity index (χ2v) is 9.66. The van der Waals surface area contributed by atoms with Crippen LogP contribution in [-0.2, 0) is 14.3 Å². The molecule has 0 radical (unpaired) electrons. The number of carbonyl (C=O) groups excluding carboxylic acids is 2. The minimum atomic E-state index is -0.363. The monoisotopic (exact) mass is 514 g/mol. The van der Waals surface area contributed by atoms with Crippen molar-refractivity contribution in [3.8, 4) is 11.5 Å².